The van der Waals surface area contributed by atoms with Crippen molar-refractivity contribution in [3.05, 3.63) is 0 Å². The first-order valence-electron chi connectivity index (χ1n) is 10.8. The van der Waals surface area contributed by atoms with Gasteiger partial charge in [0.15, 0.2) is 5.96 Å². The molecule has 0 aliphatic carbocycles. The van der Waals surface area contributed by atoms with Gasteiger partial charge in [-0.05, 0) is 38.0 Å². The van der Waals surface area contributed by atoms with Gasteiger partial charge >= 0.3 is 0 Å². The highest BCUT2D eigenvalue weighted by molar-refractivity contribution is 14.0. The van der Waals surface area contributed by atoms with Crippen LogP contribution >= 0.6 is 24.0 Å². The number of halogens is 1. The van der Waals surface area contributed by atoms with Crippen LogP contribution in [0.2, 0.25) is 0 Å². The summed E-state index contributed by atoms with van der Waals surface area (Å²) in [7, 11) is 3.52. The summed E-state index contributed by atoms with van der Waals surface area (Å²) in [4.78, 5) is 20.6. The predicted octanol–water partition coefficient (Wildman–Crippen LogP) is 0.908. The third-order valence-electron chi connectivity index (χ3n) is 5.86. The Morgan fingerprint density at radius 3 is 2.59 bits per heavy atom. The van der Waals surface area contributed by atoms with Crippen molar-refractivity contribution in [2.24, 2.45) is 10.9 Å². The molecule has 8 nitrogen and oxygen atoms in total. The van der Waals surface area contributed by atoms with E-state index in [1.165, 1.54) is 6.42 Å². The van der Waals surface area contributed by atoms with Crippen LogP contribution in [0.25, 0.3) is 0 Å². The second kappa shape index (κ2) is 12.9. The Balaban J connectivity index is 0.00000300. The van der Waals surface area contributed by atoms with Gasteiger partial charge in [-0.2, -0.15) is 0 Å². The molecular weight excluding hydrogens is 485 g/mol. The maximum Gasteiger partial charge on any atom is 0.243 e. The largest absolute Gasteiger partial charge is 0.381 e. The summed E-state index contributed by atoms with van der Waals surface area (Å²) < 4.78 is 11.2. The molecule has 3 heterocycles. The van der Waals surface area contributed by atoms with E-state index in [9.17, 15) is 4.79 Å². The van der Waals surface area contributed by atoms with Crippen molar-refractivity contribution >= 4 is 35.8 Å². The molecule has 0 bridgehead atoms. The summed E-state index contributed by atoms with van der Waals surface area (Å²) in [6.45, 7) is 6.94. The number of nitrogens with zero attached hydrogens (tertiary/aromatic N) is 3. The van der Waals surface area contributed by atoms with Crippen LogP contribution in [0.15, 0.2) is 4.99 Å². The average Bonchev–Trinajstić information content (AvgIpc) is 3.39. The number of carbonyl (C=O) groups is 1. The van der Waals surface area contributed by atoms with Crippen molar-refractivity contribution in [2.45, 2.75) is 44.2 Å². The number of hydrogen-bond donors (Lipinski definition) is 2. The zero-order valence-electron chi connectivity index (χ0n) is 17.9. The first kappa shape index (κ1) is 24.6. The number of nitrogens with one attached hydrogen (secondary N) is 2. The molecule has 2 atom stereocenters. The molecule has 1 amide bonds. The number of piperidine rings is 1. The molecule has 3 saturated heterocycles. The number of aliphatic imine (C=N–C) groups is 1. The second-order valence-electron chi connectivity index (χ2n) is 8.42. The lowest BCUT2D eigenvalue weighted by Crippen LogP contribution is -2.50. The monoisotopic (exact) mass is 523 g/mol. The van der Waals surface area contributed by atoms with Gasteiger partial charge in [0.1, 0.15) is 6.54 Å². The van der Waals surface area contributed by atoms with Gasteiger partial charge in [0.25, 0.3) is 0 Å². The minimum atomic E-state index is 0. The highest BCUT2D eigenvalue weighted by Gasteiger charge is 2.24. The molecule has 3 aliphatic rings. The fraction of sp³-hybridized carbons (Fsp3) is 0.900. The van der Waals surface area contributed by atoms with Crippen LogP contribution in [0.4, 0.5) is 0 Å². The molecule has 0 saturated carbocycles. The minimum Gasteiger partial charge on any atom is -0.381 e. The van der Waals surface area contributed by atoms with E-state index in [1.54, 1.807) is 19.0 Å². The lowest BCUT2D eigenvalue weighted by Gasteiger charge is -2.34. The summed E-state index contributed by atoms with van der Waals surface area (Å²) in [5, 5.41) is 6.94. The molecule has 3 fully saturated rings. The first-order chi connectivity index (χ1) is 13.6. The summed E-state index contributed by atoms with van der Waals surface area (Å²) in [6.07, 6.45) is 5.83. The summed E-state index contributed by atoms with van der Waals surface area (Å²) >= 11 is 0. The number of amides is 1. The highest BCUT2D eigenvalue weighted by atomic mass is 127. The summed E-state index contributed by atoms with van der Waals surface area (Å²) in [6, 6.07) is 0.390. The normalized spacial score (nSPS) is 26.2. The number of rotatable bonds is 7. The lowest BCUT2D eigenvalue weighted by molar-refractivity contribution is -0.127. The topological polar surface area (TPSA) is 78.4 Å². The summed E-state index contributed by atoms with van der Waals surface area (Å²) in [5.41, 5.74) is 0. The van der Waals surface area contributed by atoms with Crippen LogP contribution in [0, 0.1) is 5.92 Å². The van der Waals surface area contributed by atoms with Gasteiger partial charge in [0.2, 0.25) is 5.91 Å². The maximum atomic E-state index is 11.9. The van der Waals surface area contributed by atoms with Gasteiger partial charge < -0.3 is 29.9 Å². The molecule has 2 N–H and O–H groups in total. The smallest absolute Gasteiger partial charge is 0.243 e. The van der Waals surface area contributed by atoms with Crippen LogP contribution < -0.4 is 10.6 Å². The molecule has 0 aromatic heterocycles. The molecule has 9 heteroatoms. The average molecular weight is 523 g/mol. The Labute approximate surface area is 192 Å². The van der Waals surface area contributed by atoms with E-state index in [2.05, 4.69) is 20.5 Å². The fourth-order valence-corrected chi connectivity index (χ4v) is 4.00. The van der Waals surface area contributed by atoms with Crippen molar-refractivity contribution in [3.63, 3.8) is 0 Å². The predicted molar refractivity (Wildman–Crippen MR) is 125 cm³/mol. The SMILES string of the molecule is CN(C)C(=O)CN=C(NCC1CCCO1)NC1CCN(CC2CCOC2)CC1.I. The van der Waals surface area contributed by atoms with Crippen LogP contribution in [0.3, 0.4) is 0 Å². The van der Waals surface area contributed by atoms with E-state index in [-0.39, 0.29) is 42.5 Å². The minimum absolute atomic E-state index is 0. The standard InChI is InChI=1S/C20H37N5O3.HI/c1-24(2)19(26)13-22-20(21-12-18-4-3-10-28-18)23-17-5-8-25(9-6-17)14-16-7-11-27-15-16;/h16-18H,3-15H2,1-2H3,(H2,21,22,23);1H. The van der Waals surface area contributed by atoms with Gasteiger partial charge in [-0.1, -0.05) is 0 Å². The third kappa shape index (κ3) is 8.55. The zero-order chi connectivity index (χ0) is 19.8. The quantitative estimate of drug-likeness (QED) is 0.294. The Morgan fingerprint density at radius 1 is 1.17 bits per heavy atom. The summed E-state index contributed by atoms with van der Waals surface area (Å²) in [5.74, 6) is 1.44. The van der Waals surface area contributed by atoms with Gasteiger partial charge in [-0.15, -0.1) is 24.0 Å². The number of likely N-dealkylation sites (N-methyl/N-ethyl adjacent to an activating group) is 1. The van der Waals surface area contributed by atoms with E-state index in [4.69, 9.17) is 9.47 Å². The molecule has 168 valence electrons. The van der Waals surface area contributed by atoms with Gasteiger partial charge in [-0.3, -0.25) is 4.79 Å². The second-order valence-corrected chi connectivity index (χ2v) is 8.42. The van der Waals surface area contributed by atoms with Crippen LogP contribution in [-0.2, 0) is 14.3 Å². The van der Waals surface area contributed by atoms with Crippen molar-refractivity contribution in [3.8, 4) is 0 Å². The van der Waals surface area contributed by atoms with Crippen molar-refractivity contribution in [1.29, 1.82) is 0 Å². The molecule has 0 aromatic rings. The number of carbonyl (C=O) groups excluding carboxylic acids is 1. The number of ether oxygens (including phenoxy) is 2. The van der Waals surface area contributed by atoms with E-state index in [1.807, 2.05) is 0 Å². The molecule has 3 rings (SSSR count). The number of likely N-dealkylation sites (tertiary alicyclic amines) is 1. The Bertz CT molecular complexity index is 514. The highest BCUT2D eigenvalue weighted by Crippen LogP contribution is 2.17. The number of guanidine groups is 1. The number of hydrogen-bond acceptors (Lipinski definition) is 5. The third-order valence-corrected chi connectivity index (χ3v) is 5.86. The molecule has 3 aliphatic heterocycles. The van der Waals surface area contributed by atoms with Crippen molar-refractivity contribution < 1.29 is 14.3 Å². The molecule has 0 aromatic carbocycles. The van der Waals surface area contributed by atoms with Crippen molar-refractivity contribution in [2.75, 3.05) is 66.6 Å². The van der Waals surface area contributed by atoms with Crippen LogP contribution in [0.1, 0.15) is 32.1 Å². The van der Waals surface area contributed by atoms with Gasteiger partial charge in [0.05, 0.1) is 12.7 Å². The maximum absolute atomic E-state index is 11.9. The fourth-order valence-electron chi connectivity index (χ4n) is 4.00. The van der Waals surface area contributed by atoms with E-state index in [0.29, 0.717) is 12.0 Å². The first-order valence-corrected chi connectivity index (χ1v) is 10.8. The molecule has 29 heavy (non-hydrogen) atoms. The Kier molecular flexibility index (Phi) is 11.0. The lowest BCUT2D eigenvalue weighted by atomic mass is 10.0. The van der Waals surface area contributed by atoms with Gasteiger partial charge in [-0.25, -0.2) is 4.99 Å². The molecule has 0 spiro atoms. The molecule has 0 radical (unpaired) electrons. The van der Waals surface area contributed by atoms with E-state index < -0.39 is 0 Å². The van der Waals surface area contributed by atoms with Crippen LogP contribution in [-0.4, -0.2) is 100 Å². The van der Waals surface area contributed by atoms with E-state index in [0.717, 1.165) is 77.6 Å². The van der Waals surface area contributed by atoms with E-state index >= 15 is 0 Å². The van der Waals surface area contributed by atoms with Gasteiger partial charge in [0, 0.05) is 59.5 Å². The Morgan fingerprint density at radius 2 is 1.97 bits per heavy atom. The Hall–Kier alpha value is -0.650. The molecular formula is C20H38IN5O3. The van der Waals surface area contributed by atoms with Crippen molar-refractivity contribution in [1.82, 2.24) is 20.4 Å². The zero-order valence-corrected chi connectivity index (χ0v) is 20.2. The van der Waals surface area contributed by atoms with Crippen LogP contribution in [0.5, 0.6) is 0 Å². The molecule has 2 unspecified atom stereocenters.